The van der Waals surface area contributed by atoms with E-state index < -0.39 is 0 Å². The fourth-order valence-corrected chi connectivity index (χ4v) is 3.40. The molecule has 2 fully saturated rings. The van der Waals surface area contributed by atoms with Crippen LogP contribution >= 0.6 is 0 Å². The summed E-state index contributed by atoms with van der Waals surface area (Å²) >= 11 is 0. The predicted molar refractivity (Wildman–Crippen MR) is 74.8 cm³/mol. The molecule has 0 aromatic heterocycles. The molecule has 2 N–H and O–H groups in total. The number of nitrogens with zero attached hydrogens (tertiary/aromatic N) is 2. The van der Waals surface area contributed by atoms with Crippen LogP contribution in [-0.2, 0) is 0 Å². The van der Waals surface area contributed by atoms with Gasteiger partial charge in [0, 0.05) is 25.2 Å². The van der Waals surface area contributed by atoms with Gasteiger partial charge in [0.25, 0.3) is 0 Å². The van der Waals surface area contributed by atoms with Crippen LogP contribution in [0.3, 0.4) is 0 Å². The highest BCUT2D eigenvalue weighted by molar-refractivity contribution is 4.95. The number of aliphatic hydroxyl groups is 1. The summed E-state index contributed by atoms with van der Waals surface area (Å²) in [6.07, 6.45) is 4.70. The number of nitrogens with one attached hydrogen (secondary N) is 1. The Hall–Kier alpha value is -0.160. The van der Waals surface area contributed by atoms with Crippen molar-refractivity contribution in [2.45, 2.75) is 38.1 Å². The van der Waals surface area contributed by atoms with Crippen LogP contribution in [0.4, 0.5) is 0 Å². The Bertz CT molecular complexity index is 231. The van der Waals surface area contributed by atoms with Gasteiger partial charge >= 0.3 is 0 Å². The molecular formula is C14H29N3O. The molecule has 0 bridgehead atoms. The second kappa shape index (κ2) is 6.85. The van der Waals surface area contributed by atoms with Crippen LogP contribution in [-0.4, -0.2) is 72.9 Å². The molecule has 0 aromatic carbocycles. The lowest BCUT2D eigenvalue weighted by molar-refractivity contribution is -0.0161. The first-order chi connectivity index (χ1) is 8.80. The Morgan fingerprint density at radius 1 is 1.11 bits per heavy atom. The summed E-state index contributed by atoms with van der Waals surface area (Å²) in [5.41, 5.74) is 0.0657. The van der Waals surface area contributed by atoms with E-state index in [0.717, 1.165) is 52.1 Å². The Morgan fingerprint density at radius 3 is 2.56 bits per heavy atom. The number of rotatable bonds is 4. The van der Waals surface area contributed by atoms with Gasteiger partial charge in [-0.3, -0.25) is 4.90 Å². The number of hydrogen-bond donors (Lipinski definition) is 2. The van der Waals surface area contributed by atoms with Crippen molar-refractivity contribution in [3.05, 3.63) is 0 Å². The van der Waals surface area contributed by atoms with Gasteiger partial charge in [0.2, 0.25) is 0 Å². The third-order valence-electron chi connectivity index (χ3n) is 4.63. The van der Waals surface area contributed by atoms with E-state index in [2.05, 4.69) is 22.0 Å². The maximum Gasteiger partial charge on any atom is 0.0616 e. The first-order valence-electron chi connectivity index (χ1n) is 7.60. The number of likely N-dealkylation sites (tertiary alicyclic amines) is 1. The molecule has 0 aliphatic carbocycles. The topological polar surface area (TPSA) is 38.7 Å². The van der Waals surface area contributed by atoms with Gasteiger partial charge in [-0.2, -0.15) is 0 Å². The van der Waals surface area contributed by atoms with Crippen molar-refractivity contribution in [2.75, 3.05) is 52.4 Å². The molecule has 0 spiro atoms. The second-order valence-electron chi connectivity index (χ2n) is 5.81. The van der Waals surface area contributed by atoms with Crippen LogP contribution in [0.1, 0.15) is 32.6 Å². The molecule has 106 valence electrons. The SMILES string of the molecule is CCCN1CCC(CO)(N2CCCNCC2)CC1. The Morgan fingerprint density at radius 2 is 1.89 bits per heavy atom. The quantitative estimate of drug-likeness (QED) is 0.768. The maximum absolute atomic E-state index is 9.92. The van der Waals surface area contributed by atoms with E-state index in [4.69, 9.17) is 0 Å². The average molecular weight is 255 g/mol. The standard InChI is InChI=1S/C14H29N3O/c1-2-8-16-10-4-14(13-18,5-11-16)17-9-3-6-15-7-12-17/h15,18H,2-13H2,1H3. The van der Waals surface area contributed by atoms with Crippen molar-refractivity contribution < 1.29 is 5.11 Å². The molecule has 0 saturated carbocycles. The molecule has 0 unspecified atom stereocenters. The van der Waals surface area contributed by atoms with Gasteiger partial charge in [0.1, 0.15) is 0 Å². The summed E-state index contributed by atoms with van der Waals surface area (Å²) in [6, 6.07) is 0. The molecule has 2 saturated heterocycles. The minimum Gasteiger partial charge on any atom is -0.394 e. The summed E-state index contributed by atoms with van der Waals surface area (Å²) in [7, 11) is 0. The van der Waals surface area contributed by atoms with Gasteiger partial charge < -0.3 is 15.3 Å². The van der Waals surface area contributed by atoms with E-state index in [-0.39, 0.29) is 5.54 Å². The Labute approximate surface area is 111 Å². The molecular weight excluding hydrogens is 226 g/mol. The van der Waals surface area contributed by atoms with Crippen molar-refractivity contribution in [3.8, 4) is 0 Å². The third kappa shape index (κ3) is 3.23. The average Bonchev–Trinajstić information content (AvgIpc) is 2.70. The Kier molecular flexibility index (Phi) is 5.42. The van der Waals surface area contributed by atoms with E-state index in [1.54, 1.807) is 0 Å². The molecule has 2 rings (SSSR count). The number of aliphatic hydroxyl groups excluding tert-OH is 1. The van der Waals surface area contributed by atoms with Crippen LogP contribution in [0.2, 0.25) is 0 Å². The molecule has 0 amide bonds. The summed E-state index contributed by atoms with van der Waals surface area (Å²) in [4.78, 5) is 5.10. The minimum atomic E-state index is 0.0657. The van der Waals surface area contributed by atoms with Gasteiger partial charge in [-0.15, -0.1) is 0 Å². The van der Waals surface area contributed by atoms with E-state index in [9.17, 15) is 5.11 Å². The molecule has 18 heavy (non-hydrogen) atoms. The van der Waals surface area contributed by atoms with Crippen molar-refractivity contribution in [1.29, 1.82) is 0 Å². The smallest absolute Gasteiger partial charge is 0.0616 e. The third-order valence-corrected chi connectivity index (χ3v) is 4.63. The molecule has 0 radical (unpaired) electrons. The lowest BCUT2D eigenvalue weighted by Crippen LogP contribution is -2.58. The first-order valence-corrected chi connectivity index (χ1v) is 7.60. The highest BCUT2D eigenvalue weighted by atomic mass is 16.3. The number of hydrogen-bond acceptors (Lipinski definition) is 4. The molecule has 2 aliphatic heterocycles. The zero-order chi connectivity index (χ0) is 12.8. The van der Waals surface area contributed by atoms with E-state index in [0.29, 0.717) is 6.61 Å². The van der Waals surface area contributed by atoms with Gasteiger partial charge in [0.05, 0.1) is 6.61 Å². The molecule has 4 heteroatoms. The highest BCUT2D eigenvalue weighted by Gasteiger charge is 2.39. The maximum atomic E-state index is 9.92. The van der Waals surface area contributed by atoms with E-state index >= 15 is 0 Å². The Balaban J connectivity index is 1.94. The van der Waals surface area contributed by atoms with Gasteiger partial charge in [0.15, 0.2) is 0 Å². The summed E-state index contributed by atoms with van der Waals surface area (Å²) in [5.74, 6) is 0. The van der Waals surface area contributed by atoms with Crippen LogP contribution in [0.15, 0.2) is 0 Å². The largest absolute Gasteiger partial charge is 0.394 e. The summed E-state index contributed by atoms with van der Waals surface area (Å²) in [6.45, 7) is 10.5. The normalized spacial score (nSPS) is 27.0. The fourth-order valence-electron chi connectivity index (χ4n) is 3.40. The van der Waals surface area contributed by atoms with Crippen LogP contribution in [0, 0.1) is 0 Å². The van der Waals surface area contributed by atoms with Crippen LogP contribution < -0.4 is 5.32 Å². The second-order valence-corrected chi connectivity index (χ2v) is 5.81. The van der Waals surface area contributed by atoms with Crippen molar-refractivity contribution >= 4 is 0 Å². The van der Waals surface area contributed by atoms with Crippen molar-refractivity contribution in [1.82, 2.24) is 15.1 Å². The van der Waals surface area contributed by atoms with Gasteiger partial charge in [-0.25, -0.2) is 0 Å². The monoisotopic (exact) mass is 255 g/mol. The van der Waals surface area contributed by atoms with Gasteiger partial charge in [-0.1, -0.05) is 6.92 Å². The highest BCUT2D eigenvalue weighted by Crippen LogP contribution is 2.29. The molecule has 0 atom stereocenters. The number of piperidine rings is 1. The minimum absolute atomic E-state index is 0.0657. The zero-order valence-corrected chi connectivity index (χ0v) is 11.8. The van der Waals surface area contributed by atoms with Crippen molar-refractivity contribution in [2.24, 2.45) is 0 Å². The van der Waals surface area contributed by atoms with Crippen LogP contribution in [0.5, 0.6) is 0 Å². The molecule has 2 heterocycles. The summed E-state index contributed by atoms with van der Waals surface area (Å²) < 4.78 is 0. The lowest BCUT2D eigenvalue weighted by atomic mass is 9.86. The van der Waals surface area contributed by atoms with E-state index in [1.807, 2.05) is 0 Å². The zero-order valence-electron chi connectivity index (χ0n) is 11.8. The fraction of sp³-hybridized carbons (Fsp3) is 1.00. The molecule has 2 aliphatic rings. The first kappa shape index (κ1) is 14.3. The summed E-state index contributed by atoms with van der Waals surface area (Å²) in [5, 5.41) is 13.4. The van der Waals surface area contributed by atoms with Crippen LogP contribution in [0.25, 0.3) is 0 Å². The predicted octanol–water partition coefficient (Wildman–Crippen LogP) is 0.519. The van der Waals surface area contributed by atoms with Crippen molar-refractivity contribution in [3.63, 3.8) is 0 Å². The lowest BCUT2D eigenvalue weighted by Gasteiger charge is -2.47. The molecule has 4 nitrogen and oxygen atoms in total. The molecule has 0 aromatic rings. The van der Waals surface area contributed by atoms with Gasteiger partial charge in [-0.05, 0) is 51.9 Å². The van der Waals surface area contributed by atoms with E-state index in [1.165, 1.54) is 19.4 Å².